The predicted molar refractivity (Wildman–Crippen MR) is 112 cm³/mol. The maximum atomic E-state index is 10.7. The van der Waals surface area contributed by atoms with Gasteiger partial charge in [0.15, 0.2) is 18.1 Å². The average molecular weight is 415 g/mol. The number of aliphatic carboxylic acids is 1. The minimum atomic E-state index is -1.02. The number of imidazole rings is 1. The van der Waals surface area contributed by atoms with Crippen molar-refractivity contribution < 1.29 is 24.1 Å². The van der Waals surface area contributed by atoms with Crippen LogP contribution in [0.1, 0.15) is 0 Å². The summed E-state index contributed by atoms with van der Waals surface area (Å²) in [5, 5.41) is 8.75. The van der Waals surface area contributed by atoms with Crippen LogP contribution in [0.5, 0.6) is 17.2 Å². The average Bonchev–Trinajstić information content (AvgIpc) is 3.45. The number of H-pyrrole nitrogens is 1. The standard InChI is InChI=1S/C23H17N3O5/c27-20(28)12-29-16-7-4-14(5-8-16)23-25-21(22(26-23)17-3-1-2-10-24-17)15-6-9-18-19(11-15)31-13-30-18/h1-11H,12-13H2,(H,25,26)(H,27,28). The number of nitrogens with zero attached hydrogens (tertiary/aromatic N) is 2. The number of carboxylic acid groups (broad SMARTS) is 1. The highest BCUT2D eigenvalue weighted by Crippen LogP contribution is 2.39. The number of hydrogen-bond acceptors (Lipinski definition) is 6. The number of fused-ring (bicyclic) bond motifs is 1. The van der Waals surface area contributed by atoms with Crippen molar-refractivity contribution in [2.45, 2.75) is 0 Å². The van der Waals surface area contributed by atoms with E-state index in [1.807, 2.05) is 48.5 Å². The molecule has 0 bridgehead atoms. The zero-order valence-corrected chi connectivity index (χ0v) is 16.2. The van der Waals surface area contributed by atoms with E-state index in [1.54, 1.807) is 18.3 Å². The molecule has 0 radical (unpaired) electrons. The number of aromatic amines is 1. The van der Waals surface area contributed by atoms with Crippen LogP contribution in [0.15, 0.2) is 66.9 Å². The number of aromatic nitrogens is 3. The van der Waals surface area contributed by atoms with E-state index in [1.165, 1.54) is 0 Å². The number of carbonyl (C=O) groups is 1. The second kappa shape index (κ2) is 7.83. The minimum Gasteiger partial charge on any atom is -0.482 e. The van der Waals surface area contributed by atoms with Crippen molar-refractivity contribution in [3.63, 3.8) is 0 Å². The molecule has 31 heavy (non-hydrogen) atoms. The fourth-order valence-corrected chi connectivity index (χ4v) is 3.31. The van der Waals surface area contributed by atoms with Crippen LogP contribution >= 0.6 is 0 Å². The Morgan fingerprint density at radius 2 is 1.84 bits per heavy atom. The monoisotopic (exact) mass is 415 g/mol. The molecule has 2 aromatic carbocycles. The van der Waals surface area contributed by atoms with Crippen molar-refractivity contribution in [2.75, 3.05) is 13.4 Å². The van der Waals surface area contributed by atoms with Gasteiger partial charge < -0.3 is 24.3 Å². The van der Waals surface area contributed by atoms with Crippen molar-refractivity contribution >= 4 is 5.97 Å². The van der Waals surface area contributed by atoms with Crippen LogP contribution < -0.4 is 14.2 Å². The first-order valence-corrected chi connectivity index (χ1v) is 9.54. The summed E-state index contributed by atoms with van der Waals surface area (Å²) in [4.78, 5) is 23.3. The van der Waals surface area contributed by atoms with Crippen molar-refractivity contribution in [3.05, 3.63) is 66.9 Å². The van der Waals surface area contributed by atoms with Gasteiger partial charge in [0.05, 0.1) is 17.1 Å². The summed E-state index contributed by atoms with van der Waals surface area (Å²) in [6, 6.07) is 18.4. The third-order valence-electron chi connectivity index (χ3n) is 4.76. The number of rotatable bonds is 6. The van der Waals surface area contributed by atoms with Crippen LogP contribution in [0.4, 0.5) is 0 Å². The lowest BCUT2D eigenvalue weighted by atomic mass is 10.1. The second-order valence-corrected chi connectivity index (χ2v) is 6.80. The van der Waals surface area contributed by atoms with Crippen LogP contribution in [0, 0.1) is 0 Å². The van der Waals surface area contributed by atoms with Crippen LogP contribution in [-0.4, -0.2) is 39.4 Å². The summed E-state index contributed by atoms with van der Waals surface area (Å²) in [6.45, 7) is -0.188. The molecule has 2 aromatic heterocycles. The Bertz CT molecular complexity index is 1240. The van der Waals surface area contributed by atoms with E-state index in [0.717, 1.165) is 28.2 Å². The molecular weight excluding hydrogens is 398 g/mol. The van der Waals surface area contributed by atoms with Gasteiger partial charge in [0.25, 0.3) is 0 Å². The Morgan fingerprint density at radius 1 is 1.03 bits per heavy atom. The van der Waals surface area contributed by atoms with Gasteiger partial charge in [-0.1, -0.05) is 6.07 Å². The highest BCUT2D eigenvalue weighted by atomic mass is 16.7. The molecule has 1 aliphatic rings. The smallest absolute Gasteiger partial charge is 0.341 e. The first-order valence-electron chi connectivity index (χ1n) is 9.54. The topological polar surface area (TPSA) is 107 Å². The Hall–Kier alpha value is -4.33. The lowest BCUT2D eigenvalue weighted by Gasteiger charge is -2.03. The fraction of sp³-hybridized carbons (Fsp3) is 0.0870. The van der Waals surface area contributed by atoms with Gasteiger partial charge in [-0.15, -0.1) is 0 Å². The summed E-state index contributed by atoms with van der Waals surface area (Å²) >= 11 is 0. The van der Waals surface area contributed by atoms with Crippen LogP contribution in [0.3, 0.4) is 0 Å². The molecule has 0 saturated carbocycles. The quantitative estimate of drug-likeness (QED) is 0.490. The van der Waals surface area contributed by atoms with Gasteiger partial charge in [0, 0.05) is 17.3 Å². The van der Waals surface area contributed by atoms with Gasteiger partial charge in [-0.3, -0.25) is 4.98 Å². The first-order chi connectivity index (χ1) is 15.2. The highest BCUT2D eigenvalue weighted by molar-refractivity contribution is 5.81. The Morgan fingerprint density at radius 3 is 2.61 bits per heavy atom. The lowest BCUT2D eigenvalue weighted by molar-refractivity contribution is -0.139. The van der Waals surface area contributed by atoms with Gasteiger partial charge in [0.2, 0.25) is 6.79 Å². The summed E-state index contributed by atoms with van der Waals surface area (Å²) in [5.41, 5.74) is 3.97. The van der Waals surface area contributed by atoms with Crippen LogP contribution in [0.25, 0.3) is 34.0 Å². The van der Waals surface area contributed by atoms with Crippen molar-refractivity contribution in [1.82, 2.24) is 15.0 Å². The molecule has 0 fully saturated rings. The van der Waals surface area contributed by atoms with Gasteiger partial charge in [-0.2, -0.15) is 0 Å². The molecule has 154 valence electrons. The molecule has 1 aliphatic heterocycles. The third-order valence-corrected chi connectivity index (χ3v) is 4.76. The molecule has 0 saturated heterocycles. The number of hydrogen-bond donors (Lipinski definition) is 2. The SMILES string of the molecule is O=C(O)COc1ccc(-c2nc(-c3ccc4c(c3)OCO4)c(-c3ccccn3)[nH]2)cc1. The third kappa shape index (κ3) is 3.78. The van der Waals surface area contributed by atoms with Crippen molar-refractivity contribution in [1.29, 1.82) is 0 Å². The molecule has 5 rings (SSSR count). The van der Waals surface area contributed by atoms with Crippen molar-refractivity contribution in [3.8, 4) is 51.3 Å². The normalized spacial score (nSPS) is 12.0. The minimum absolute atomic E-state index is 0.202. The Kier molecular flexibility index (Phi) is 4.72. The van der Waals surface area contributed by atoms with E-state index in [2.05, 4.69) is 9.97 Å². The summed E-state index contributed by atoms with van der Waals surface area (Å²) in [6.07, 6.45) is 1.73. The first kappa shape index (κ1) is 18.7. The van der Waals surface area contributed by atoms with Gasteiger partial charge in [0.1, 0.15) is 11.6 Å². The van der Waals surface area contributed by atoms with Crippen LogP contribution in [0.2, 0.25) is 0 Å². The number of pyridine rings is 1. The van der Waals surface area contributed by atoms with Gasteiger partial charge >= 0.3 is 5.97 Å². The van der Waals surface area contributed by atoms with E-state index < -0.39 is 12.6 Å². The second-order valence-electron chi connectivity index (χ2n) is 6.80. The number of carboxylic acids is 1. The van der Waals surface area contributed by atoms with E-state index in [4.69, 9.17) is 24.3 Å². The summed E-state index contributed by atoms with van der Waals surface area (Å²) < 4.78 is 16.1. The zero-order chi connectivity index (χ0) is 21.2. The van der Waals surface area contributed by atoms with Crippen LogP contribution in [-0.2, 0) is 4.79 Å². The molecule has 0 spiro atoms. The Labute approximate surface area is 177 Å². The number of benzene rings is 2. The van der Waals surface area contributed by atoms with Gasteiger partial charge in [-0.05, 0) is 54.6 Å². The number of ether oxygens (including phenoxy) is 3. The van der Waals surface area contributed by atoms with E-state index >= 15 is 0 Å². The van der Waals surface area contributed by atoms with Gasteiger partial charge in [-0.25, -0.2) is 9.78 Å². The molecule has 8 nitrogen and oxygen atoms in total. The highest BCUT2D eigenvalue weighted by Gasteiger charge is 2.20. The molecule has 0 unspecified atom stereocenters. The lowest BCUT2D eigenvalue weighted by Crippen LogP contribution is -2.09. The molecule has 0 aliphatic carbocycles. The summed E-state index contributed by atoms with van der Waals surface area (Å²) in [5.74, 6) is 1.48. The molecule has 0 amide bonds. The maximum absolute atomic E-state index is 10.7. The molecule has 8 heteroatoms. The maximum Gasteiger partial charge on any atom is 0.341 e. The molecule has 0 atom stereocenters. The predicted octanol–water partition coefficient (Wildman–Crippen LogP) is 4.00. The Balaban J connectivity index is 1.54. The van der Waals surface area contributed by atoms with E-state index in [0.29, 0.717) is 23.1 Å². The van der Waals surface area contributed by atoms with E-state index in [-0.39, 0.29) is 6.79 Å². The molecule has 4 aromatic rings. The zero-order valence-electron chi connectivity index (χ0n) is 16.2. The number of nitrogens with one attached hydrogen (secondary N) is 1. The molecule has 3 heterocycles. The molecule has 2 N–H and O–H groups in total. The largest absolute Gasteiger partial charge is 0.482 e. The van der Waals surface area contributed by atoms with Crippen molar-refractivity contribution in [2.24, 2.45) is 0 Å². The van der Waals surface area contributed by atoms with E-state index in [9.17, 15) is 4.79 Å². The summed E-state index contributed by atoms with van der Waals surface area (Å²) in [7, 11) is 0. The fourth-order valence-electron chi connectivity index (χ4n) is 3.31. The molecular formula is C23H17N3O5.